The Morgan fingerprint density at radius 3 is 2.76 bits per heavy atom. The highest BCUT2D eigenvalue weighted by molar-refractivity contribution is 5.77. The molecule has 0 fully saturated rings. The van der Waals surface area contributed by atoms with Crippen LogP contribution in [-0.2, 0) is 11.2 Å². The van der Waals surface area contributed by atoms with Crippen LogP contribution < -0.4 is 15.8 Å². The largest absolute Gasteiger partial charge is 0.484 e. The number of carbonyl (C=O) groups excluding carboxylic acids is 1. The van der Waals surface area contributed by atoms with E-state index in [-0.39, 0.29) is 12.5 Å². The summed E-state index contributed by atoms with van der Waals surface area (Å²) in [5.41, 5.74) is 8.70. The molecule has 0 aliphatic carbocycles. The van der Waals surface area contributed by atoms with E-state index >= 15 is 0 Å². The van der Waals surface area contributed by atoms with Crippen LogP contribution in [0, 0.1) is 6.92 Å². The number of nitrogens with one attached hydrogen (secondary N) is 1. The third-order valence-electron chi connectivity index (χ3n) is 3.05. The molecule has 0 aromatic heterocycles. The van der Waals surface area contributed by atoms with Crippen molar-refractivity contribution in [1.29, 1.82) is 0 Å². The smallest absolute Gasteiger partial charge is 0.257 e. The van der Waals surface area contributed by atoms with Crippen LogP contribution in [0.4, 0.5) is 5.69 Å². The Morgan fingerprint density at radius 1 is 1.19 bits per heavy atom. The molecule has 21 heavy (non-hydrogen) atoms. The first-order valence-corrected chi connectivity index (χ1v) is 6.94. The molecule has 2 aromatic carbocycles. The second kappa shape index (κ2) is 7.33. The van der Waals surface area contributed by atoms with Gasteiger partial charge in [0.2, 0.25) is 0 Å². The SMILES string of the molecule is Cc1cccc(CCNC(=O)COc2cccc(N)c2)c1. The van der Waals surface area contributed by atoms with Gasteiger partial charge in [-0.15, -0.1) is 0 Å². The van der Waals surface area contributed by atoms with Crippen molar-refractivity contribution in [2.75, 3.05) is 18.9 Å². The monoisotopic (exact) mass is 284 g/mol. The number of benzene rings is 2. The fourth-order valence-electron chi connectivity index (χ4n) is 2.02. The highest BCUT2D eigenvalue weighted by atomic mass is 16.5. The van der Waals surface area contributed by atoms with E-state index < -0.39 is 0 Å². The van der Waals surface area contributed by atoms with Crippen LogP contribution in [0.15, 0.2) is 48.5 Å². The minimum Gasteiger partial charge on any atom is -0.484 e. The summed E-state index contributed by atoms with van der Waals surface area (Å²) >= 11 is 0. The average molecular weight is 284 g/mol. The van der Waals surface area contributed by atoms with Gasteiger partial charge in [0.25, 0.3) is 5.91 Å². The van der Waals surface area contributed by atoms with Crippen molar-refractivity contribution in [3.05, 3.63) is 59.7 Å². The highest BCUT2D eigenvalue weighted by Crippen LogP contribution is 2.13. The summed E-state index contributed by atoms with van der Waals surface area (Å²) in [7, 11) is 0. The van der Waals surface area contributed by atoms with Crippen molar-refractivity contribution >= 4 is 11.6 Å². The lowest BCUT2D eigenvalue weighted by atomic mass is 10.1. The summed E-state index contributed by atoms with van der Waals surface area (Å²) in [6, 6.07) is 15.3. The van der Waals surface area contributed by atoms with Gasteiger partial charge >= 0.3 is 0 Å². The molecule has 0 saturated carbocycles. The third kappa shape index (κ3) is 5.18. The van der Waals surface area contributed by atoms with Gasteiger partial charge in [-0.2, -0.15) is 0 Å². The minimum atomic E-state index is -0.134. The standard InChI is InChI=1S/C17H20N2O2/c1-13-4-2-5-14(10-13)8-9-19-17(20)12-21-16-7-3-6-15(18)11-16/h2-7,10-11H,8-9,12,18H2,1H3,(H,19,20). The summed E-state index contributed by atoms with van der Waals surface area (Å²) in [5, 5.41) is 2.84. The number of anilines is 1. The molecule has 110 valence electrons. The molecule has 4 heteroatoms. The van der Waals surface area contributed by atoms with E-state index in [4.69, 9.17) is 10.5 Å². The van der Waals surface area contributed by atoms with Gasteiger partial charge < -0.3 is 15.8 Å². The highest BCUT2D eigenvalue weighted by Gasteiger charge is 2.03. The van der Waals surface area contributed by atoms with E-state index in [1.54, 1.807) is 24.3 Å². The molecule has 0 aliphatic heterocycles. The van der Waals surface area contributed by atoms with Crippen molar-refractivity contribution in [2.45, 2.75) is 13.3 Å². The fraction of sp³-hybridized carbons (Fsp3) is 0.235. The first-order chi connectivity index (χ1) is 10.1. The van der Waals surface area contributed by atoms with Crippen LogP contribution in [0.5, 0.6) is 5.75 Å². The van der Waals surface area contributed by atoms with Gasteiger partial charge in [-0.1, -0.05) is 35.9 Å². The van der Waals surface area contributed by atoms with E-state index in [0.29, 0.717) is 18.0 Å². The lowest BCUT2D eigenvalue weighted by molar-refractivity contribution is -0.123. The fourth-order valence-corrected chi connectivity index (χ4v) is 2.02. The zero-order valence-corrected chi connectivity index (χ0v) is 12.1. The summed E-state index contributed by atoms with van der Waals surface area (Å²) in [4.78, 5) is 11.7. The second-order valence-electron chi connectivity index (χ2n) is 4.95. The Kier molecular flexibility index (Phi) is 5.21. The minimum absolute atomic E-state index is 0.00271. The number of hydrogen-bond acceptors (Lipinski definition) is 3. The molecule has 2 rings (SSSR count). The number of nitrogen functional groups attached to an aromatic ring is 1. The quantitative estimate of drug-likeness (QED) is 0.800. The predicted molar refractivity (Wildman–Crippen MR) is 84.2 cm³/mol. The van der Waals surface area contributed by atoms with Crippen molar-refractivity contribution in [1.82, 2.24) is 5.32 Å². The Morgan fingerprint density at radius 2 is 2.00 bits per heavy atom. The van der Waals surface area contributed by atoms with Gasteiger partial charge in [0, 0.05) is 18.3 Å². The summed E-state index contributed by atoms with van der Waals surface area (Å²) in [6.45, 7) is 2.65. The van der Waals surface area contributed by atoms with Gasteiger partial charge in [0.1, 0.15) is 5.75 Å². The molecule has 4 nitrogen and oxygen atoms in total. The molecule has 1 amide bonds. The van der Waals surface area contributed by atoms with Gasteiger partial charge in [-0.05, 0) is 31.0 Å². The molecular weight excluding hydrogens is 264 g/mol. The van der Waals surface area contributed by atoms with Gasteiger partial charge in [0.15, 0.2) is 6.61 Å². The number of aryl methyl sites for hydroxylation is 1. The van der Waals surface area contributed by atoms with Crippen molar-refractivity contribution < 1.29 is 9.53 Å². The summed E-state index contributed by atoms with van der Waals surface area (Å²) in [6.07, 6.45) is 0.811. The Bertz CT molecular complexity index is 611. The van der Waals surface area contributed by atoms with E-state index in [0.717, 1.165) is 6.42 Å². The number of ether oxygens (including phenoxy) is 1. The number of nitrogens with two attached hydrogens (primary N) is 1. The molecule has 0 heterocycles. The molecule has 3 N–H and O–H groups in total. The first kappa shape index (κ1) is 14.9. The Labute approximate surface area is 124 Å². The van der Waals surface area contributed by atoms with Crippen LogP contribution in [-0.4, -0.2) is 19.1 Å². The first-order valence-electron chi connectivity index (χ1n) is 6.94. The van der Waals surface area contributed by atoms with Crippen LogP contribution >= 0.6 is 0 Å². The van der Waals surface area contributed by atoms with E-state index in [9.17, 15) is 4.79 Å². The Hall–Kier alpha value is -2.49. The summed E-state index contributed by atoms with van der Waals surface area (Å²) < 4.78 is 5.38. The topological polar surface area (TPSA) is 64.3 Å². The maximum absolute atomic E-state index is 11.7. The lowest BCUT2D eigenvalue weighted by Crippen LogP contribution is -2.30. The van der Waals surface area contributed by atoms with Crippen LogP contribution in [0.25, 0.3) is 0 Å². The van der Waals surface area contributed by atoms with Crippen LogP contribution in [0.2, 0.25) is 0 Å². The molecule has 0 saturated heterocycles. The van der Waals surface area contributed by atoms with E-state index in [1.165, 1.54) is 11.1 Å². The lowest BCUT2D eigenvalue weighted by Gasteiger charge is -2.08. The van der Waals surface area contributed by atoms with Crippen molar-refractivity contribution in [3.8, 4) is 5.75 Å². The number of carbonyl (C=O) groups is 1. The Balaban J connectivity index is 1.70. The zero-order valence-electron chi connectivity index (χ0n) is 12.1. The van der Waals surface area contributed by atoms with Gasteiger partial charge in [0.05, 0.1) is 0 Å². The van der Waals surface area contributed by atoms with Gasteiger partial charge in [-0.25, -0.2) is 0 Å². The van der Waals surface area contributed by atoms with Crippen LogP contribution in [0.1, 0.15) is 11.1 Å². The maximum atomic E-state index is 11.7. The molecule has 0 unspecified atom stereocenters. The molecule has 0 bridgehead atoms. The average Bonchev–Trinajstić information content (AvgIpc) is 2.45. The third-order valence-corrected chi connectivity index (χ3v) is 3.05. The van der Waals surface area contributed by atoms with Crippen molar-refractivity contribution in [3.63, 3.8) is 0 Å². The normalized spacial score (nSPS) is 10.1. The number of rotatable bonds is 6. The predicted octanol–water partition coefficient (Wildman–Crippen LogP) is 2.31. The molecule has 0 spiro atoms. The maximum Gasteiger partial charge on any atom is 0.257 e. The molecule has 0 atom stereocenters. The van der Waals surface area contributed by atoms with E-state index in [1.807, 2.05) is 6.07 Å². The molecule has 2 aromatic rings. The van der Waals surface area contributed by atoms with Crippen LogP contribution in [0.3, 0.4) is 0 Å². The van der Waals surface area contributed by atoms with Gasteiger partial charge in [-0.3, -0.25) is 4.79 Å². The molecular formula is C17H20N2O2. The second-order valence-corrected chi connectivity index (χ2v) is 4.95. The van der Waals surface area contributed by atoms with E-state index in [2.05, 4.69) is 30.4 Å². The number of hydrogen-bond donors (Lipinski definition) is 2. The molecule has 0 radical (unpaired) electrons. The summed E-state index contributed by atoms with van der Waals surface area (Å²) in [5.74, 6) is 0.467. The zero-order chi connectivity index (χ0) is 15.1. The number of amides is 1. The molecule has 0 aliphatic rings. The van der Waals surface area contributed by atoms with Crippen molar-refractivity contribution in [2.24, 2.45) is 0 Å².